The fourth-order valence-corrected chi connectivity index (χ4v) is 2.92. The molecule has 2 fully saturated rings. The van der Waals surface area contributed by atoms with Crippen LogP contribution >= 0.6 is 11.8 Å². The van der Waals surface area contributed by atoms with E-state index in [4.69, 9.17) is 0 Å². The number of carbonyl (C=O) groups excluding carboxylic acids is 2. The SMILES string of the molecule is CCCCC(C)=O.O=C1NC2CSCC2N1. The predicted molar refractivity (Wildman–Crippen MR) is 66.8 cm³/mol. The number of urea groups is 1. The number of fused-ring (bicyclic) bond motifs is 1. The summed E-state index contributed by atoms with van der Waals surface area (Å²) in [5, 5.41) is 5.69. The summed E-state index contributed by atoms with van der Waals surface area (Å²) in [7, 11) is 0. The molecule has 0 aromatic carbocycles. The van der Waals surface area contributed by atoms with E-state index in [1.807, 2.05) is 11.8 Å². The number of thioether (sulfide) groups is 1. The molecule has 2 heterocycles. The Balaban J connectivity index is 0.000000168. The lowest BCUT2D eigenvalue weighted by molar-refractivity contribution is -0.117. The van der Waals surface area contributed by atoms with Crippen LogP contribution in [-0.2, 0) is 4.79 Å². The first-order valence-corrected chi connectivity index (χ1v) is 6.93. The Morgan fingerprint density at radius 1 is 1.38 bits per heavy atom. The largest absolute Gasteiger partial charge is 0.332 e. The van der Waals surface area contributed by atoms with Gasteiger partial charge in [0.15, 0.2) is 0 Å². The number of amides is 2. The third kappa shape index (κ3) is 4.43. The van der Waals surface area contributed by atoms with Gasteiger partial charge < -0.3 is 15.4 Å². The van der Waals surface area contributed by atoms with Crippen LogP contribution in [0.3, 0.4) is 0 Å². The predicted octanol–water partition coefficient (Wildman–Crippen LogP) is 1.55. The molecule has 2 amide bonds. The molecule has 2 saturated heterocycles. The van der Waals surface area contributed by atoms with E-state index in [0.29, 0.717) is 17.9 Å². The van der Waals surface area contributed by atoms with Crippen molar-refractivity contribution in [2.45, 2.75) is 45.2 Å². The molecule has 0 aromatic heterocycles. The minimum atomic E-state index is 0.00491. The minimum Gasteiger partial charge on any atom is -0.332 e. The van der Waals surface area contributed by atoms with Crippen molar-refractivity contribution >= 4 is 23.6 Å². The molecule has 0 aromatic rings. The van der Waals surface area contributed by atoms with Crippen molar-refractivity contribution in [3.8, 4) is 0 Å². The minimum absolute atomic E-state index is 0.00491. The summed E-state index contributed by atoms with van der Waals surface area (Å²) in [6.45, 7) is 3.72. The van der Waals surface area contributed by atoms with Crippen LogP contribution in [0.15, 0.2) is 0 Å². The number of hydrogen-bond donors (Lipinski definition) is 2. The molecule has 0 saturated carbocycles. The number of carbonyl (C=O) groups is 2. The zero-order valence-electron chi connectivity index (χ0n) is 9.91. The van der Waals surface area contributed by atoms with Crippen LogP contribution in [0.2, 0.25) is 0 Å². The van der Waals surface area contributed by atoms with Crippen LogP contribution < -0.4 is 10.6 Å². The Hall–Kier alpha value is -0.710. The van der Waals surface area contributed by atoms with Gasteiger partial charge in [-0.2, -0.15) is 11.8 Å². The third-order valence-electron chi connectivity index (χ3n) is 2.60. The van der Waals surface area contributed by atoms with Crippen molar-refractivity contribution in [2.24, 2.45) is 0 Å². The maximum atomic E-state index is 10.6. The summed E-state index contributed by atoms with van der Waals surface area (Å²) in [5.41, 5.74) is 0. The van der Waals surface area contributed by atoms with Gasteiger partial charge in [0.2, 0.25) is 0 Å². The highest BCUT2D eigenvalue weighted by atomic mass is 32.2. The summed E-state index contributed by atoms with van der Waals surface area (Å²) in [4.78, 5) is 20.8. The number of nitrogens with one attached hydrogen (secondary N) is 2. The standard InChI is InChI=1S/C6H12O.C5H8N2OS/c1-3-4-5-6(2)7;8-5-6-3-1-9-2-4(3)7-5/h3-5H2,1-2H3;3-4H,1-2H2,(H2,6,7,8). The van der Waals surface area contributed by atoms with Crippen molar-refractivity contribution in [1.82, 2.24) is 10.6 Å². The van der Waals surface area contributed by atoms with Gasteiger partial charge in [-0.05, 0) is 13.3 Å². The van der Waals surface area contributed by atoms with Gasteiger partial charge in [-0.15, -0.1) is 0 Å². The molecule has 2 N–H and O–H groups in total. The molecule has 16 heavy (non-hydrogen) atoms. The molecule has 2 aliphatic rings. The van der Waals surface area contributed by atoms with Crippen LogP contribution in [0, 0.1) is 0 Å². The van der Waals surface area contributed by atoms with Crippen molar-refractivity contribution in [1.29, 1.82) is 0 Å². The molecule has 92 valence electrons. The van der Waals surface area contributed by atoms with Crippen LogP contribution in [0.5, 0.6) is 0 Å². The summed E-state index contributed by atoms with van der Waals surface area (Å²) >= 11 is 1.89. The van der Waals surface area contributed by atoms with Gasteiger partial charge in [0.1, 0.15) is 5.78 Å². The molecule has 4 nitrogen and oxygen atoms in total. The van der Waals surface area contributed by atoms with E-state index < -0.39 is 0 Å². The van der Waals surface area contributed by atoms with Gasteiger partial charge in [0.05, 0.1) is 12.1 Å². The van der Waals surface area contributed by atoms with E-state index >= 15 is 0 Å². The van der Waals surface area contributed by atoms with E-state index in [1.54, 1.807) is 6.92 Å². The maximum absolute atomic E-state index is 10.6. The lowest BCUT2D eigenvalue weighted by Crippen LogP contribution is -2.31. The second kappa shape index (κ2) is 6.78. The lowest BCUT2D eigenvalue weighted by atomic mass is 10.2. The fraction of sp³-hybridized carbons (Fsp3) is 0.818. The highest BCUT2D eigenvalue weighted by Gasteiger charge is 2.35. The topological polar surface area (TPSA) is 58.2 Å². The molecular weight excluding hydrogens is 224 g/mol. The highest BCUT2D eigenvalue weighted by molar-refractivity contribution is 7.99. The molecule has 5 heteroatoms. The van der Waals surface area contributed by atoms with Gasteiger partial charge >= 0.3 is 6.03 Å². The molecule has 0 aliphatic carbocycles. The average Bonchev–Trinajstić information content (AvgIpc) is 2.75. The number of Topliss-reactive ketones (excluding diaryl/α,β-unsaturated/α-hetero) is 1. The first-order valence-electron chi connectivity index (χ1n) is 5.77. The summed E-state index contributed by atoms with van der Waals surface area (Å²) in [6, 6.07) is 0.815. The third-order valence-corrected chi connectivity index (χ3v) is 3.79. The normalized spacial score (nSPS) is 26.2. The van der Waals surface area contributed by atoms with E-state index in [2.05, 4.69) is 17.6 Å². The second-order valence-corrected chi connectivity index (χ2v) is 5.25. The smallest absolute Gasteiger partial charge is 0.315 e. The van der Waals surface area contributed by atoms with Gasteiger partial charge in [0, 0.05) is 17.9 Å². The van der Waals surface area contributed by atoms with E-state index in [-0.39, 0.29) is 6.03 Å². The molecule has 2 atom stereocenters. The Morgan fingerprint density at radius 2 is 1.94 bits per heavy atom. The van der Waals surface area contributed by atoms with E-state index in [0.717, 1.165) is 30.8 Å². The molecule has 0 radical (unpaired) electrons. The van der Waals surface area contributed by atoms with Gasteiger partial charge in [-0.25, -0.2) is 4.79 Å². The number of rotatable bonds is 3. The second-order valence-electron chi connectivity index (χ2n) is 4.17. The maximum Gasteiger partial charge on any atom is 0.315 e. The Bertz CT molecular complexity index is 244. The van der Waals surface area contributed by atoms with Crippen LogP contribution in [0.25, 0.3) is 0 Å². The van der Waals surface area contributed by atoms with Gasteiger partial charge in [-0.1, -0.05) is 13.3 Å². The molecular formula is C11H20N2O2S. The highest BCUT2D eigenvalue weighted by Crippen LogP contribution is 2.20. The molecule has 2 rings (SSSR count). The molecule has 2 unspecified atom stereocenters. The van der Waals surface area contributed by atoms with Crippen LogP contribution in [-0.4, -0.2) is 35.4 Å². The summed E-state index contributed by atoms with van der Waals surface area (Å²) in [6.07, 6.45) is 2.94. The number of unbranched alkanes of at least 4 members (excludes halogenated alkanes) is 1. The van der Waals surface area contributed by atoms with Crippen molar-refractivity contribution in [3.63, 3.8) is 0 Å². The average molecular weight is 244 g/mol. The monoisotopic (exact) mass is 244 g/mol. The van der Waals surface area contributed by atoms with E-state index in [1.165, 1.54) is 0 Å². The van der Waals surface area contributed by atoms with Crippen molar-refractivity contribution in [3.05, 3.63) is 0 Å². The summed E-state index contributed by atoms with van der Waals surface area (Å²) < 4.78 is 0. The number of hydrogen-bond acceptors (Lipinski definition) is 3. The molecule has 0 spiro atoms. The van der Waals surface area contributed by atoms with Crippen LogP contribution in [0.1, 0.15) is 33.1 Å². The number of ketones is 1. The molecule has 0 bridgehead atoms. The van der Waals surface area contributed by atoms with Crippen molar-refractivity contribution < 1.29 is 9.59 Å². The van der Waals surface area contributed by atoms with Gasteiger partial charge in [-0.3, -0.25) is 0 Å². The zero-order chi connectivity index (χ0) is 12.0. The Labute approximate surface area is 101 Å². The van der Waals surface area contributed by atoms with Crippen molar-refractivity contribution in [2.75, 3.05) is 11.5 Å². The lowest BCUT2D eigenvalue weighted by Gasteiger charge is -2.02. The van der Waals surface area contributed by atoms with E-state index in [9.17, 15) is 9.59 Å². The molecule has 2 aliphatic heterocycles. The Morgan fingerprint density at radius 3 is 2.31 bits per heavy atom. The summed E-state index contributed by atoms with van der Waals surface area (Å²) in [5.74, 6) is 2.45. The quantitative estimate of drug-likeness (QED) is 0.741. The first kappa shape index (κ1) is 13.4. The Kier molecular flexibility index (Phi) is 5.66. The van der Waals surface area contributed by atoms with Gasteiger partial charge in [0.25, 0.3) is 0 Å². The zero-order valence-corrected chi connectivity index (χ0v) is 10.7. The first-order chi connectivity index (χ1) is 7.63. The fourth-order valence-electron chi connectivity index (χ4n) is 1.64. The van der Waals surface area contributed by atoms with Crippen LogP contribution in [0.4, 0.5) is 4.79 Å².